The first kappa shape index (κ1) is 12.2. The van der Waals surface area contributed by atoms with Crippen molar-refractivity contribution in [2.75, 3.05) is 39.3 Å². The molecule has 0 radical (unpaired) electrons. The zero-order valence-electron chi connectivity index (χ0n) is 11.0. The van der Waals surface area contributed by atoms with Gasteiger partial charge < -0.3 is 15.1 Å². The average Bonchev–Trinajstić information content (AvgIpc) is 2.83. The predicted octanol–water partition coefficient (Wildman–Crippen LogP) is 1.14. The van der Waals surface area contributed by atoms with Crippen LogP contribution < -0.4 is 5.73 Å². The quantitative estimate of drug-likeness (QED) is 0.869. The second kappa shape index (κ2) is 5.03. The van der Waals surface area contributed by atoms with Crippen LogP contribution in [0.4, 0.5) is 0 Å². The van der Waals surface area contributed by atoms with Crippen LogP contribution in [0.5, 0.6) is 0 Å². The van der Waals surface area contributed by atoms with Crippen LogP contribution in [0.25, 0.3) is 0 Å². The fraction of sp³-hybridized carbons (Fsp3) is 0.714. The summed E-state index contributed by atoms with van der Waals surface area (Å²) in [6.45, 7) is 7.76. The summed E-state index contributed by atoms with van der Waals surface area (Å²) in [6.07, 6.45) is 4.42. The van der Waals surface area contributed by atoms with E-state index in [2.05, 4.69) is 15.9 Å². The molecule has 0 aromatic carbocycles. The van der Waals surface area contributed by atoms with Crippen molar-refractivity contribution in [3.8, 4) is 0 Å². The van der Waals surface area contributed by atoms with Crippen molar-refractivity contribution in [2.45, 2.75) is 19.4 Å². The Morgan fingerprint density at radius 2 is 2.00 bits per heavy atom. The molecule has 2 aliphatic rings. The molecule has 100 valence electrons. The van der Waals surface area contributed by atoms with Gasteiger partial charge in [0.05, 0.1) is 12.8 Å². The molecule has 2 aliphatic heterocycles. The molecule has 0 bridgehead atoms. The van der Waals surface area contributed by atoms with E-state index in [0.717, 1.165) is 25.4 Å². The molecule has 2 fully saturated rings. The third-order valence-corrected chi connectivity index (χ3v) is 4.44. The highest BCUT2D eigenvalue weighted by Crippen LogP contribution is 2.40. The summed E-state index contributed by atoms with van der Waals surface area (Å²) in [5.41, 5.74) is 6.20. The lowest BCUT2D eigenvalue weighted by Crippen LogP contribution is -2.60. The van der Waals surface area contributed by atoms with Gasteiger partial charge in [-0.3, -0.25) is 4.90 Å². The second-order valence-electron chi connectivity index (χ2n) is 5.85. The van der Waals surface area contributed by atoms with Gasteiger partial charge in [-0.25, -0.2) is 0 Å². The Balaban J connectivity index is 1.45. The predicted molar refractivity (Wildman–Crippen MR) is 71.1 cm³/mol. The van der Waals surface area contributed by atoms with E-state index in [0.29, 0.717) is 5.41 Å². The summed E-state index contributed by atoms with van der Waals surface area (Å²) in [4.78, 5) is 5.00. The zero-order valence-corrected chi connectivity index (χ0v) is 11.0. The highest BCUT2D eigenvalue weighted by molar-refractivity contribution is 5.01. The first-order valence-corrected chi connectivity index (χ1v) is 6.97. The maximum atomic E-state index is 5.59. The fourth-order valence-corrected chi connectivity index (χ4v) is 3.37. The lowest BCUT2D eigenvalue weighted by molar-refractivity contribution is -0.0467. The van der Waals surface area contributed by atoms with Gasteiger partial charge in [0.15, 0.2) is 0 Å². The largest absolute Gasteiger partial charge is 0.468 e. The highest BCUT2D eigenvalue weighted by atomic mass is 16.3. The van der Waals surface area contributed by atoms with Crippen LogP contribution in [0.1, 0.15) is 18.6 Å². The molecule has 4 heteroatoms. The summed E-state index contributed by atoms with van der Waals surface area (Å²) >= 11 is 0. The van der Waals surface area contributed by atoms with Gasteiger partial charge in [-0.15, -0.1) is 0 Å². The van der Waals surface area contributed by atoms with Gasteiger partial charge >= 0.3 is 0 Å². The molecule has 1 spiro atoms. The van der Waals surface area contributed by atoms with Crippen molar-refractivity contribution in [2.24, 2.45) is 11.1 Å². The molecule has 0 aliphatic carbocycles. The molecule has 2 N–H and O–H groups in total. The maximum Gasteiger partial charge on any atom is 0.117 e. The first-order chi connectivity index (χ1) is 8.80. The summed E-state index contributed by atoms with van der Waals surface area (Å²) in [5, 5.41) is 0. The van der Waals surface area contributed by atoms with Gasteiger partial charge in [-0.2, -0.15) is 0 Å². The third-order valence-electron chi connectivity index (χ3n) is 4.44. The SMILES string of the molecule is NCCN1CC2(CCN(Cc3ccco3)CC2)C1. The molecule has 3 rings (SSSR count). The van der Waals surface area contributed by atoms with E-state index in [1.54, 1.807) is 6.26 Å². The van der Waals surface area contributed by atoms with Gasteiger partial charge in [0.25, 0.3) is 0 Å². The molecule has 0 amide bonds. The average molecular weight is 249 g/mol. The third kappa shape index (κ3) is 2.46. The minimum atomic E-state index is 0.606. The minimum Gasteiger partial charge on any atom is -0.468 e. The van der Waals surface area contributed by atoms with Crippen LogP contribution in [0, 0.1) is 5.41 Å². The van der Waals surface area contributed by atoms with Gasteiger partial charge in [0, 0.05) is 26.2 Å². The first-order valence-electron chi connectivity index (χ1n) is 6.97. The Labute approximate surface area is 109 Å². The second-order valence-corrected chi connectivity index (χ2v) is 5.85. The highest BCUT2D eigenvalue weighted by Gasteiger charge is 2.44. The van der Waals surface area contributed by atoms with E-state index >= 15 is 0 Å². The molecule has 0 saturated carbocycles. The van der Waals surface area contributed by atoms with E-state index in [1.165, 1.54) is 39.0 Å². The smallest absolute Gasteiger partial charge is 0.117 e. The summed E-state index contributed by atoms with van der Waals surface area (Å²) < 4.78 is 5.41. The molecule has 4 nitrogen and oxygen atoms in total. The number of furan rings is 1. The molecule has 0 unspecified atom stereocenters. The molecule has 2 saturated heterocycles. The van der Waals surface area contributed by atoms with Gasteiger partial charge in [0.1, 0.15) is 5.76 Å². The summed E-state index contributed by atoms with van der Waals surface area (Å²) in [7, 11) is 0. The van der Waals surface area contributed by atoms with Crippen molar-refractivity contribution >= 4 is 0 Å². The lowest BCUT2D eigenvalue weighted by atomic mass is 9.72. The van der Waals surface area contributed by atoms with Crippen molar-refractivity contribution < 1.29 is 4.42 Å². The number of hydrogen-bond donors (Lipinski definition) is 1. The van der Waals surface area contributed by atoms with Gasteiger partial charge in [-0.05, 0) is 43.5 Å². The van der Waals surface area contributed by atoms with Crippen molar-refractivity contribution in [1.82, 2.24) is 9.80 Å². The van der Waals surface area contributed by atoms with Crippen LogP contribution in [0.2, 0.25) is 0 Å². The summed E-state index contributed by atoms with van der Waals surface area (Å²) in [5.74, 6) is 1.09. The van der Waals surface area contributed by atoms with E-state index < -0.39 is 0 Å². The molecule has 18 heavy (non-hydrogen) atoms. The normalized spacial score (nSPS) is 24.3. The topological polar surface area (TPSA) is 45.6 Å². The van der Waals surface area contributed by atoms with Crippen LogP contribution >= 0.6 is 0 Å². The molecule has 3 heterocycles. The molecule has 0 atom stereocenters. The molecule has 1 aromatic rings. The molecular weight excluding hydrogens is 226 g/mol. The minimum absolute atomic E-state index is 0.606. The van der Waals surface area contributed by atoms with Gasteiger partial charge in [0.2, 0.25) is 0 Å². The Kier molecular flexibility index (Phi) is 3.41. The van der Waals surface area contributed by atoms with Crippen LogP contribution in [-0.2, 0) is 6.54 Å². The van der Waals surface area contributed by atoms with Crippen molar-refractivity contribution in [1.29, 1.82) is 0 Å². The van der Waals surface area contributed by atoms with Crippen molar-refractivity contribution in [3.05, 3.63) is 24.2 Å². The molecular formula is C14H23N3O. The Hall–Kier alpha value is -0.840. The van der Waals surface area contributed by atoms with Crippen LogP contribution in [0.3, 0.4) is 0 Å². The fourth-order valence-electron chi connectivity index (χ4n) is 3.37. The lowest BCUT2D eigenvalue weighted by Gasteiger charge is -2.54. The van der Waals surface area contributed by atoms with E-state index in [4.69, 9.17) is 10.2 Å². The molecule has 1 aromatic heterocycles. The maximum absolute atomic E-state index is 5.59. The number of likely N-dealkylation sites (tertiary alicyclic amines) is 2. The Morgan fingerprint density at radius 3 is 2.61 bits per heavy atom. The van der Waals surface area contributed by atoms with E-state index in [-0.39, 0.29) is 0 Å². The number of nitrogens with zero attached hydrogens (tertiary/aromatic N) is 2. The van der Waals surface area contributed by atoms with E-state index in [9.17, 15) is 0 Å². The van der Waals surface area contributed by atoms with E-state index in [1.807, 2.05) is 6.07 Å². The monoisotopic (exact) mass is 249 g/mol. The number of rotatable bonds is 4. The standard InChI is InChI=1S/C14H23N3O/c15-5-8-17-11-14(12-17)3-6-16(7-4-14)10-13-2-1-9-18-13/h1-2,9H,3-8,10-12,15H2. The summed E-state index contributed by atoms with van der Waals surface area (Å²) in [6, 6.07) is 4.04. The Morgan fingerprint density at radius 1 is 1.22 bits per heavy atom. The van der Waals surface area contributed by atoms with Crippen LogP contribution in [-0.4, -0.2) is 49.1 Å². The number of nitrogens with two attached hydrogens (primary N) is 1. The Bertz CT molecular complexity index is 360. The van der Waals surface area contributed by atoms with Crippen LogP contribution in [0.15, 0.2) is 22.8 Å². The number of hydrogen-bond acceptors (Lipinski definition) is 4. The van der Waals surface area contributed by atoms with Crippen molar-refractivity contribution in [3.63, 3.8) is 0 Å². The number of piperidine rings is 1. The van der Waals surface area contributed by atoms with Gasteiger partial charge in [-0.1, -0.05) is 0 Å². The zero-order chi connectivity index (χ0) is 12.4.